The fourth-order valence-corrected chi connectivity index (χ4v) is 3.18. The third-order valence-electron chi connectivity index (χ3n) is 4.55. The molecule has 0 saturated carbocycles. The van der Waals surface area contributed by atoms with Gasteiger partial charge in [-0.2, -0.15) is 5.10 Å². The fraction of sp³-hybridized carbons (Fsp3) is 0.263. The predicted molar refractivity (Wildman–Crippen MR) is 98.8 cm³/mol. The van der Waals surface area contributed by atoms with Gasteiger partial charge < -0.3 is 10.6 Å². The first-order valence-corrected chi connectivity index (χ1v) is 8.66. The van der Waals surface area contributed by atoms with Crippen LogP contribution in [0.25, 0.3) is 11.4 Å². The van der Waals surface area contributed by atoms with Crippen molar-refractivity contribution in [1.82, 2.24) is 25.5 Å². The van der Waals surface area contributed by atoms with Crippen LogP contribution < -0.4 is 10.6 Å². The molecule has 132 valence electrons. The topological polar surface area (TPSA) is 95.6 Å². The summed E-state index contributed by atoms with van der Waals surface area (Å²) in [6, 6.07) is 9.32. The number of nitrogens with zero attached hydrogens (tertiary/aromatic N) is 3. The number of carbonyl (C=O) groups is 1. The maximum atomic E-state index is 12.3. The lowest BCUT2D eigenvalue weighted by Gasteiger charge is -2.23. The van der Waals surface area contributed by atoms with E-state index in [2.05, 4.69) is 30.8 Å². The summed E-state index contributed by atoms with van der Waals surface area (Å²) in [5.74, 6) is 0.680. The van der Waals surface area contributed by atoms with Crippen LogP contribution in [0, 0.1) is 6.92 Å². The van der Waals surface area contributed by atoms with Crippen molar-refractivity contribution in [3.63, 3.8) is 0 Å². The molecule has 1 aromatic carbocycles. The summed E-state index contributed by atoms with van der Waals surface area (Å²) in [7, 11) is 0. The molecule has 0 aliphatic heterocycles. The van der Waals surface area contributed by atoms with Gasteiger partial charge in [-0.25, -0.2) is 14.8 Å². The van der Waals surface area contributed by atoms with Crippen LogP contribution in [0.4, 0.5) is 10.5 Å². The number of nitrogens with one attached hydrogen (secondary N) is 3. The molecular formula is C19H20N6O. The maximum absolute atomic E-state index is 12.3. The maximum Gasteiger partial charge on any atom is 0.319 e. The number of H-pyrrole nitrogens is 1. The Morgan fingerprint density at radius 1 is 1.23 bits per heavy atom. The highest BCUT2D eigenvalue weighted by Crippen LogP contribution is 2.20. The molecule has 4 rings (SSSR count). The van der Waals surface area contributed by atoms with Crippen molar-refractivity contribution in [2.24, 2.45) is 0 Å². The molecule has 1 aliphatic rings. The van der Waals surface area contributed by atoms with Gasteiger partial charge >= 0.3 is 6.03 Å². The zero-order chi connectivity index (χ0) is 17.9. The average molecular weight is 348 g/mol. The molecule has 3 N–H and O–H groups in total. The number of aromatic nitrogens is 4. The van der Waals surface area contributed by atoms with Gasteiger partial charge in [0.2, 0.25) is 0 Å². The molecule has 0 saturated heterocycles. The van der Waals surface area contributed by atoms with E-state index in [0.29, 0.717) is 5.82 Å². The van der Waals surface area contributed by atoms with Crippen molar-refractivity contribution < 1.29 is 4.79 Å². The first-order chi connectivity index (χ1) is 12.7. The van der Waals surface area contributed by atoms with Crippen LogP contribution in [-0.2, 0) is 12.8 Å². The second-order valence-corrected chi connectivity index (χ2v) is 6.51. The predicted octanol–water partition coefficient (Wildman–Crippen LogP) is 2.85. The summed E-state index contributed by atoms with van der Waals surface area (Å²) in [5, 5.41) is 13.0. The average Bonchev–Trinajstić information content (AvgIpc) is 3.10. The molecule has 1 aliphatic carbocycles. The summed E-state index contributed by atoms with van der Waals surface area (Å²) in [6.07, 6.45) is 6.21. The number of aryl methyl sites for hydroxylation is 2. The summed E-state index contributed by atoms with van der Waals surface area (Å²) >= 11 is 0. The summed E-state index contributed by atoms with van der Waals surface area (Å²) in [6.45, 7) is 1.93. The molecule has 7 nitrogen and oxygen atoms in total. The van der Waals surface area contributed by atoms with E-state index >= 15 is 0 Å². The van der Waals surface area contributed by atoms with Gasteiger partial charge in [-0.15, -0.1) is 0 Å². The van der Waals surface area contributed by atoms with Crippen molar-refractivity contribution in [2.75, 3.05) is 5.32 Å². The van der Waals surface area contributed by atoms with Crippen LogP contribution in [0.15, 0.2) is 42.7 Å². The number of urea groups is 1. The van der Waals surface area contributed by atoms with E-state index in [1.165, 1.54) is 11.3 Å². The van der Waals surface area contributed by atoms with Crippen molar-refractivity contribution >= 4 is 11.7 Å². The number of carbonyl (C=O) groups excluding carboxylic acids is 1. The number of amides is 2. The molecule has 1 atom stereocenters. The Kier molecular flexibility index (Phi) is 4.35. The summed E-state index contributed by atoms with van der Waals surface area (Å²) in [4.78, 5) is 20.9. The van der Waals surface area contributed by atoms with E-state index in [1.807, 2.05) is 43.5 Å². The summed E-state index contributed by atoms with van der Waals surface area (Å²) < 4.78 is 0. The Labute approximate surface area is 151 Å². The van der Waals surface area contributed by atoms with E-state index < -0.39 is 0 Å². The number of anilines is 1. The third kappa shape index (κ3) is 3.56. The molecule has 2 aromatic heterocycles. The molecule has 0 fully saturated rings. The smallest absolute Gasteiger partial charge is 0.319 e. The summed E-state index contributed by atoms with van der Waals surface area (Å²) in [5.41, 5.74) is 4.93. The number of hydrogen-bond acceptors (Lipinski definition) is 4. The number of hydrogen-bond donors (Lipinski definition) is 3. The number of benzene rings is 1. The Bertz CT molecular complexity index is 918. The highest BCUT2D eigenvalue weighted by Gasteiger charge is 2.21. The van der Waals surface area contributed by atoms with E-state index in [1.54, 1.807) is 6.20 Å². The second kappa shape index (κ2) is 6.95. The van der Waals surface area contributed by atoms with Gasteiger partial charge in [-0.1, -0.05) is 0 Å². The van der Waals surface area contributed by atoms with Gasteiger partial charge in [-0.05, 0) is 62.1 Å². The van der Waals surface area contributed by atoms with Crippen LogP contribution in [0.2, 0.25) is 0 Å². The van der Waals surface area contributed by atoms with Gasteiger partial charge in [-0.3, -0.25) is 5.10 Å². The quantitative estimate of drug-likeness (QED) is 0.678. The zero-order valence-electron chi connectivity index (χ0n) is 14.5. The monoisotopic (exact) mass is 348 g/mol. The third-order valence-corrected chi connectivity index (χ3v) is 4.55. The number of aromatic amines is 1. The van der Waals surface area contributed by atoms with Crippen molar-refractivity contribution in [3.8, 4) is 11.4 Å². The highest BCUT2D eigenvalue weighted by atomic mass is 16.2. The fourth-order valence-electron chi connectivity index (χ4n) is 3.18. The van der Waals surface area contributed by atoms with Gasteiger partial charge in [0.1, 0.15) is 0 Å². The number of rotatable bonds is 3. The van der Waals surface area contributed by atoms with Crippen LogP contribution in [-0.4, -0.2) is 32.2 Å². The molecule has 26 heavy (non-hydrogen) atoms. The SMILES string of the molecule is Cc1ccnc(-c2ccc(NC(=O)NC3CCc4[nH]ncc4C3)cc2)n1. The zero-order valence-corrected chi connectivity index (χ0v) is 14.5. The molecule has 7 heteroatoms. The Hall–Kier alpha value is -3.22. The van der Waals surface area contributed by atoms with Gasteiger partial charge in [0.15, 0.2) is 5.82 Å². The minimum atomic E-state index is -0.193. The van der Waals surface area contributed by atoms with E-state index in [9.17, 15) is 4.79 Å². The van der Waals surface area contributed by atoms with Crippen molar-refractivity contribution in [2.45, 2.75) is 32.2 Å². The first kappa shape index (κ1) is 16.3. The van der Waals surface area contributed by atoms with E-state index in [0.717, 1.165) is 36.2 Å². The Morgan fingerprint density at radius 2 is 2.08 bits per heavy atom. The lowest BCUT2D eigenvalue weighted by atomic mass is 9.94. The molecule has 2 heterocycles. The molecule has 3 aromatic rings. The van der Waals surface area contributed by atoms with Gasteiger partial charge in [0.25, 0.3) is 0 Å². The van der Waals surface area contributed by atoms with Crippen LogP contribution in [0.1, 0.15) is 23.4 Å². The second-order valence-electron chi connectivity index (χ2n) is 6.51. The highest BCUT2D eigenvalue weighted by molar-refractivity contribution is 5.89. The first-order valence-electron chi connectivity index (χ1n) is 8.66. The molecular weight excluding hydrogens is 328 g/mol. The lowest BCUT2D eigenvalue weighted by Crippen LogP contribution is -2.41. The Morgan fingerprint density at radius 3 is 2.88 bits per heavy atom. The van der Waals surface area contributed by atoms with Crippen LogP contribution >= 0.6 is 0 Å². The van der Waals surface area contributed by atoms with E-state index in [4.69, 9.17) is 0 Å². The van der Waals surface area contributed by atoms with Gasteiger partial charge in [0, 0.05) is 34.9 Å². The molecule has 0 bridgehead atoms. The normalized spacial score (nSPS) is 16.0. The Balaban J connectivity index is 1.36. The number of fused-ring (bicyclic) bond motifs is 1. The van der Waals surface area contributed by atoms with Crippen LogP contribution in [0.3, 0.4) is 0 Å². The van der Waals surface area contributed by atoms with Crippen molar-refractivity contribution in [3.05, 3.63) is 59.7 Å². The van der Waals surface area contributed by atoms with Crippen molar-refractivity contribution in [1.29, 1.82) is 0 Å². The van der Waals surface area contributed by atoms with E-state index in [-0.39, 0.29) is 12.1 Å². The lowest BCUT2D eigenvalue weighted by molar-refractivity contribution is 0.247. The van der Waals surface area contributed by atoms with Gasteiger partial charge in [0.05, 0.1) is 6.20 Å². The largest absolute Gasteiger partial charge is 0.335 e. The molecule has 0 spiro atoms. The molecule has 2 amide bonds. The minimum Gasteiger partial charge on any atom is -0.335 e. The molecule has 1 unspecified atom stereocenters. The van der Waals surface area contributed by atoms with Crippen LogP contribution in [0.5, 0.6) is 0 Å². The molecule has 0 radical (unpaired) electrons. The standard InChI is InChI=1S/C19H20N6O/c1-12-8-9-20-18(22-12)13-2-4-15(5-3-13)23-19(26)24-16-6-7-17-14(10-16)11-21-25-17/h2-5,8-9,11,16H,6-7,10H2,1H3,(H,21,25)(H2,23,24,26). The minimum absolute atomic E-state index is 0.125.